The van der Waals surface area contributed by atoms with Gasteiger partial charge in [0.05, 0.1) is 11.7 Å². The maximum Gasteiger partial charge on any atom is 0.196 e. The summed E-state index contributed by atoms with van der Waals surface area (Å²) in [5.41, 5.74) is 2.04. The standard InChI is InChI=1S/C15H21N3O2/c1-10(2)15-16-12(9-19-15)8-18-6-4-5-14(18)13-7-11(3)20-17-13/h7,9-10,14H,4-6,8H2,1-3H3/t14-/m1/s1. The van der Waals surface area contributed by atoms with Crippen LogP contribution in [-0.2, 0) is 6.54 Å². The van der Waals surface area contributed by atoms with E-state index in [4.69, 9.17) is 8.94 Å². The van der Waals surface area contributed by atoms with E-state index in [0.717, 1.165) is 42.5 Å². The van der Waals surface area contributed by atoms with Gasteiger partial charge in [-0.2, -0.15) is 0 Å². The van der Waals surface area contributed by atoms with Crippen molar-refractivity contribution in [3.63, 3.8) is 0 Å². The Kier molecular flexibility index (Phi) is 3.61. The third-order valence-corrected chi connectivity index (χ3v) is 3.78. The van der Waals surface area contributed by atoms with Gasteiger partial charge in [-0.3, -0.25) is 4.90 Å². The fourth-order valence-electron chi connectivity index (χ4n) is 2.76. The smallest absolute Gasteiger partial charge is 0.196 e. The monoisotopic (exact) mass is 275 g/mol. The predicted octanol–water partition coefficient (Wildman–Crippen LogP) is 3.43. The lowest BCUT2D eigenvalue weighted by atomic mass is 10.1. The Labute approximate surface area is 119 Å². The van der Waals surface area contributed by atoms with E-state index in [-0.39, 0.29) is 0 Å². The van der Waals surface area contributed by atoms with Crippen molar-refractivity contribution in [1.29, 1.82) is 0 Å². The zero-order valence-electron chi connectivity index (χ0n) is 12.3. The molecule has 1 atom stereocenters. The van der Waals surface area contributed by atoms with Gasteiger partial charge in [-0.15, -0.1) is 0 Å². The molecule has 5 heteroatoms. The first-order chi connectivity index (χ1) is 9.63. The summed E-state index contributed by atoms with van der Waals surface area (Å²) < 4.78 is 10.7. The van der Waals surface area contributed by atoms with E-state index in [1.807, 2.05) is 13.0 Å². The van der Waals surface area contributed by atoms with E-state index in [0.29, 0.717) is 12.0 Å². The number of aryl methyl sites for hydroxylation is 1. The average Bonchev–Trinajstić information content (AvgIpc) is 3.09. The Bertz CT molecular complexity index is 573. The minimum atomic E-state index is 0.330. The second-order valence-electron chi connectivity index (χ2n) is 5.82. The van der Waals surface area contributed by atoms with Crippen molar-refractivity contribution in [2.75, 3.05) is 6.54 Å². The second kappa shape index (κ2) is 5.40. The fraction of sp³-hybridized carbons (Fsp3) is 0.600. The maximum atomic E-state index is 5.51. The van der Waals surface area contributed by atoms with Gasteiger partial charge in [-0.1, -0.05) is 19.0 Å². The summed E-state index contributed by atoms with van der Waals surface area (Å²) in [5.74, 6) is 2.01. The Morgan fingerprint density at radius 1 is 1.45 bits per heavy atom. The van der Waals surface area contributed by atoms with Crippen LogP contribution in [0.5, 0.6) is 0 Å². The van der Waals surface area contributed by atoms with Gasteiger partial charge in [0, 0.05) is 18.5 Å². The molecular formula is C15H21N3O2. The van der Waals surface area contributed by atoms with Gasteiger partial charge in [0.15, 0.2) is 5.89 Å². The number of likely N-dealkylation sites (tertiary alicyclic amines) is 1. The molecule has 0 unspecified atom stereocenters. The first kappa shape index (κ1) is 13.4. The lowest BCUT2D eigenvalue weighted by molar-refractivity contribution is 0.234. The maximum absolute atomic E-state index is 5.51. The molecule has 3 rings (SSSR count). The van der Waals surface area contributed by atoms with Crippen molar-refractivity contribution < 1.29 is 8.94 Å². The largest absolute Gasteiger partial charge is 0.448 e. The molecule has 0 N–H and O–H groups in total. The first-order valence-corrected chi connectivity index (χ1v) is 7.25. The highest BCUT2D eigenvalue weighted by atomic mass is 16.5. The van der Waals surface area contributed by atoms with Crippen LogP contribution in [0, 0.1) is 6.92 Å². The summed E-state index contributed by atoms with van der Waals surface area (Å²) in [6, 6.07) is 2.37. The SMILES string of the molecule is Cc1cc([C@H]2CCCN2Cc2coc(C(C)C)n2)no1. The van der Waals surface area contributed by atoms with Crippen LogP contribution >= 0.6 is 0 Å². The molecule has 0 bridgehead atoms. The topological polar surface area (TPSA) is 55.3 Å². The highest BCUT2D eigenvalue weighted by molar-refractivity contribution is 5.11. The van der Waals surface area contributed by atoms with Crippen molar-refractivity contribution >= 4 is 0 Å². The van der Waals surface area contributed by atoms with E-state index in [1.54, 1.807) is 6.26 Å². The summed E-state index contributed by atoms with van der Waals surface area (Å²) in [4.78, 5) is 6.96. The summed E-state index contributed by atoms with van der Waals surface area (Å²) >= 11 is 0. The Balaban J connectivity index is 1.72. The number of rotatable bonds is 4. The molecule has 2 aromatic heterocycles. The van der Waals surface area contributed by atoms with Crippen LogP contribution in [0.1, 0.15) is 61.7 Å². The van der Waals surface area contributed by atoms with Crippen LogP contribution in [0.25, 0.3) is 0 Å². The Morgan fingerprint density at radius 3 is 2.95 bits per heavy atom. The van der Waals surface area contributed by atoms with E-state index >= 15 is 0 Å². The predicted molar refractivity (Wildman–Crippen MR) is 74.2 cm³/mol. The fourth-order valence-corrected chi connectivity index (χ4v) is 2.76. The van der Waals surface area contributed by atoms with Gasteiger partial charge in [-0.05, 0) is 26.3 Å². The van der Waals surface area contributed by atoms with Crippen molar-refractivity contribution in [2.45, 2.75) is 52.1 Å². The minimum absolute atomic E-state index is 0.330. The molecule has 3 heterocycles. The molecular weight excluding hydrogens is 254 g/mol. The van der Waals surface area contributed by atoms with Gasteiger partial charge >= 0.3 is 0 Å². The van der Waals surface area contributed by atoms with E-state index < -0.39 is 0 Å². The van der Waals surface area contributed by atoms with Crippen molar-refractivity contribution in [1.82, 2.24) is 15.0 Å². The average molecular weight is 275 g/mol. The lowest BCUT2D eigenvalue weighted by Crippen LogP contribution is -2.23. The van der Waals surface area contributed by atoms with E-state index in [2.05, 4.69) is 28.9 Å². The van der Waals surface area contributed by atoms with E-state index in [1.165, 1.54) is 6.42 Å². The number of hydrogen-bond acceptors (Lipinski definition) is 5. The van der Waals surface area contributed by atoms with Crippen LogP contribution in [0.3, 0.4) is 0 Å². The highest BCUT2D eigenvalue weighted by Gasteiger charge is 2.29. The molecule has 1 saturated heterocycles. The zero-order chi connectivity index (χ0) is 14.1. The molecule has 0 spiro atoms. The zero-order valence-corrected chi connectivity index (χ0v) is 12.3. The molecule has 2 aromatic rings. The van der Waals surface area contributed by atoms with Crippen LogP contribution in [0.15, 0.2) is 21.3 Å². The molecule has 1 fully saturated rings. The van der Waals surface area contributed by atoms with Gasteiger partial charge in [0.25, 0.3) is 0 Å². The van der Waals surface area contributed by atoms with Gasteiger partial charge in [0.1, 0.15) is 17.7 Å². The highest BCUT2D eigenvalue weighted by Crippen LogP contribution is 2.32. The number of hydrogen-bond donors (Lipinski definition) is 0. The summed E-state index contributed by atoms with van der Waals surface area (Å²) in [5, 5.41) is 4.16. The molecule has 0 saturated carbocycles. The summed E-state index contributed by atoms with van der Waals surface area (Å²) in [6.07, 6.45) is 4.09. The molecule has 5 nitrogen and oxygen atoms in total. The molecule has 1 aliphatic heterocycles. The molecule has 0 aliphatic carbocycles. The van der Waals surface area contributed by atoms with Crippen molar-refractivity contribution in [3.05, 3.63) is 35.4 Å². The number of aromatic nitrogens is 2. The normalized spacial score (nSPS) is 20.1. The molecule has 108 valence electrons. The number of oxazole rings is 1. The molecule has 20 heavy (non-hydrogen) atoms. The molecule has 0 radical (unpaired) electrons. The molecule has 1 aliphatic rings. The van der Waals surface area contributed by atoms with Crippen LogP contribution < -0.4 is 0 Å². The molecule has 0 amide bonds. The van der Waals surface area contributed by atoms with Gasteiger partial charge in [0.2, 0.25) is 0 Å². The summed E-state index contributed by atoms with van der Waals surface area (Å²) in [7, 11) is 0. The van der Waals surface area contributed by atoms with Crippen LogP contribution in [0.2, 0.25) is 0 Å². The van der Waals surface area contributed by atoms with Crippen LogP contribution in [0.4, 0.5) is 0 Å². The minimum Gasteiger partial charge on any atom is -0.448 e. The lowest BCUT2D eigenvalue weighted by Gasteiger charge is -2.21. The second-order valence-corrected chi connectivity index (χ2v) is 5.82. The number of nitrogens with zero attached hydrogens (tertiary/aromatic N) is 3. The third kappa shape index (κ3) is 2.63. The van der Waals surface area contributed by atoms with Crippen molar-refractivity contribution in [2.24, 2.45) is 0 Å². The van der Waals surface area contributed by atoms with Crippen molar-refractivity contribution in [3.8, 4) is 0 Å². The molecule has 0 aromatic carbocycles. The first-order valence-electron chi connectivity index (χ1n) is 7.25. The third-order valence-electron chi connectivity index (χ3n) is 3.78. The van der Waals surface area contributed by atoms with E-state index in [9.17, 15) is 0 Å². The Hall–Kier alpha value is -1.62. The van der Waals surface area contributed by atoms with Gasteiger partial charge in [-0.25, -0.2) is 4.98 Å². The van der Waals surface area contributed by atoms with Crippen LogP contribution in [-0.4, -0.2) is 21.6 Å². The quantitative estimate of drug-likeness (QED) is 0.855. The Morgan fingerprint density at radius 2 is 2.30 bits per heavy atom. The summed E-state index contributed by atoms with van der Waals surface area (Å²) in [6.45, 7) is 7.99. The van der Waals surface area contributed by atoms with Gasteiger partial charge < -0.3 is 8.94 Å².